The van der Waals surface area contributed by atoms with Gasteiger partial charge in [-0.3, -0.25) is 14.4 Å². The van der Waals surface area contributed by atoms with Gasteiger partial charge in [-0.15, -0.1) is 0 Å². The minimum absolute atomic E-state index is 0.0326. The van der Waals surface area contributed by atoms with E-state index in [9.17, 15) is 39.9 Å². The van der Waals surface area contributed by atoms with E-state index in [0.29, 0.717) is 0 Å². The van der Waals surface area contributed by atoms with Crippen molar-refractivity contribution in [2.45, 2.75) is 76.3 Å². The Labute approximate surface area is 223 Å². The highest BCUT2D eigenvalue weighted by Gasteiger charge is 2.50. The van der Waals surface area contributed by atoms with Gasteiger partial charge in [0.1, 0.15) is 23.7 Å². The Balaban J connectivity index is 1.68. The van der Waals surface area contributed by atoms with Crippen LogP contribution in [-0.4, -0.2) is 79.6 Å². The fourth-order valence-electron chi connectivity index (χ4n) is 5.83. The molecule has 208 valence electrons. The van der Waals surface area contributed by atoms with Crippen LogP contribution in [0.2, 0.25) is 0 Å². The van der Waals surface area contributed by atoms with Crippen LogP contribution in [0.25, 0.3) is 0 Å². The number of ketones is 3. The number of hydrogen-bond donors (Lipinski definition) is 6. The van der Waals surface area contributed by atoms with Gasteiger partial charge >= 0.3 is 0 Å². The molecule has 11 heteroatoms. The molecule has 7 N–H and O–H groups in total. The van der Waals surface area contributed by atoms with Crippen LogP contribution in [0.15, 0.2) is 12.1 Å². The molecule has 5 rings (SSSR count). The van der Waals surface area contributed by atoms with Gasteiger partial charge in [0.2, 0.25) is 0 Å². The lowest BCUT2D eigenvalue weighted by Gasteiger charge is -2.42. The standard InChI is InChI=1S/C28H31NO10/c1-10-4-13-14(5-11(10)2)25(34)22-21(24(13)33)26(35)15-7-28(37,18(31)9-30)8-17(20(15)27(22)36)39-19-6-16(29)23(32)12(3)38-19/h4-5,12,16-17,19,23,30,32,35-37H,6-9,29H2,1-3H3. The molecule has 1 heterocycles. The Morgan fingerprint density at radius 3 is 2.21 bits per heavy atom. The van der Waals surface area contributed by atoms with E-state index in [1.54, 1.807) is 32.9 Å². The zero-order chi connectivity index (χ0) is 28.5. The summed E-state index contributed by atoms with van der Waals surface area (Å²) in [4.78, 5) is 39.8. The molecule has 3 aliphatic rings. The van der Waals surface area contributed by atoms with Gasteiger partial charge in [0.15, 0.2) is 23.6 Å². The number of aliphatic hydroxyl groups is 3. The van der Waals surface area contributed by atoms with Crippen molar-refractivity contribution in [1.29, 1.82) is 0 Å². The number of ether oxygens (including phenoxy) is 2. The van der Waals surface area contributed by atoms with E-state index in [0.717, 1.165) is 11.1 Å². The molecule has 11 nitrogen and oxygen atoms in total. The summed E-state index contributed by atoms with van der Waals surface area (Å²) in [5.74, 6) is -3.60. The Kier molecular flexibility index (Phi) is 6.65. The minimum atomic E-state index is -2.22. The molecule has 2 aliphatic carbocycles. The number of Topliss-reactive ketones (excluding diaryl/α,β-unsaturated/α-hetero) is 1. The second-order valence-electron chi connectivity index (χ2n) is 10.8. The van der Waals surface area contributed by atoms with Crippen molar-refractivity contribution in [2.24, 2.45) is 5.73 Å². The predicted octanol–water partition coefficient (Wildman–Crippen LogP) is 0.610. The molecule has 1 fully saturated rings. The molecule has 0 saturated carbocycles. The molecule has 0 radical (unpaired) electrons. The number of carbonyl (C=O) groups excluding carboxylic acids is 3. The highest BCUT2D eigenvalue weighted by molar-refractivity contribution is 6.30. The topological polar surface area (TPSA) is 197 Å². The molecule has 2 aromatic carbocycles. The molecule has 1 saturated heterocycles. The van der Waals surface area contributed by atoms with Crippen molar-refractivity contribution >= 4 is 17.3 Å². The van der Waals surface area contributed by atoms with E-state index in [-0.39, 0.29) is 28.7 Å². The third-order valence-corrected chi connectivity index (χ3v) is 8.21. The maximum Gasteiger partial charge on any atom is 0.198 e. The molecule has 0 amide bonds. The fraction of sp³-hybridized carbons (Fsp3) is 0.464. The highest BCUT2D eigenvalue weighted by Crippen LogP contribution is 2.52. The first-order valence-corrected chi connectivity index (χ1v) is 12.7. The summed E-state index contributed by atoms with van der Waals surface area (Å²) in [7, 11) is 0. The van der Waals surface area contributed by atoms with E-state index < -0.39 is 95.7 Å². The second kappa shape index (κ2) is 9.47. The third-order valence-electron chi connectivity index (χ3n) is 8.21. The summed E-state index contributed by atoms with van der Waals surface area (Å²) in [5, 5.41) is 53.8. The average Bonchev–Trinajstić information content (AvgIpc) is 2.88. The minimum Gasteiger partial charge on any atom is -0.507 e. The molecule has 6 unspecified atom stereocenters. The molecule has 39 heavy (non-hydrogen) atoms. The number of carbonyl (C=O) groups is 3. The number of aromatic hydroxyl groups is 2. The molecule has 0 spiro atoms. The first kappa shape index (κ1) is 27.4. The maximum atomic E-state index is 13.6. The largest absolute Gasteiger partial charge is 0.507 e. The second-order valence-corrected chi connectivity index (χ2v) is 10.8. The zero-order valence-corrected chi connectivity index (χ0v) is 21.7. The molecular weight excluding hydrogens is 510 g/mol. The van der Waals surface area contributed by atoms with Crippen LogP contribution in [0.5, 0.6) is 11.5 Å². The van der Waals surface area contributed by atoms with Gasteiger partial charge in [-0.1, -0.05) is 0 Å². The van der Waals surface area contributed by atoms with E-state index in [4.69, 9.17) is 15.2 Å². The highest BCUT2D eigenvalue weighted by atomic mass is 16.7. The number of fused-ring (bicyclic) bond motifs is 3. The van der Waals surface area contributed by atoms with Crippen molar-refractivity contribution in [3.8, 4) is 11.5 Å². The smallest absolute Gasteiger partial charge is 0.198 e. The molecule has 1 aliphatic heterocycles. The number of rotatable bonds is 4. The Morgan fingerprint density at radius 1 is 1.10 bits per heavy atom. The van der Waals surface area contributed by atoms with Gasteiger partial charge in [0, 0.05) is 47.6 Å². The lowest BCUT2D eigenvalue weighted by Crippen LogP contribution is -2.53. The molecular formula is C28H31NO10. The number of hydrogen-bond acceptors (Lipinski definition) is 11. The maximum absolute atomic E-state index is 13.6. The van der Waals surface area contributed by atoms with Crippen LogP contribution in [0, 0.1) is 13.8 Å². The van der Waals surface area contributed by atoms with Crippen LogP contribution in [-0.2, 0) is 20.7 Å². The van der Waals surface area contributed by atoms with Crippen LogP contribution < -0.4 is 5.73 Å². The van der Waals surface area contributed by atoms with Crippen molar-refractivity contribution < 1.29 is 49.4 Å². The molecule has 0 aromatic heterocycles. The lowest BCUT2D eigenvalue weighted by atomic mass is 9.71. The number of nitrogens with two attached hydrogens (primary N) is 1. The van der Waals surface area contributed by atoms with Crippen LogP contribution in [0.3, 0.4) is 0 Å². The van der Waals surface area contributed by atoms with E-state index >= 15 is 0 Å². The monoisotopic (exact) mass is 541 g/mol. The van der Waals surface area contributed by atoms with Gasteiger partial charge in [-0.25, -0.2) is 0 Å². The molecule has 0 bridgehead atoms. The van der Waals surface area contributed by atoms with Crippen molar-refractivity contribution in [3.05, 3.63) is 56.6 Å². The van der Waals surface area contributed by atoms with E-state index in [2.05, 4.69) is 0 Å². The number of phenolic OH excluding ortho intramolecular Hbond substituents is 2. The van der Waals surface area contributed by atoms with Gasteiger partial charge in [-0.05, 0) is 44.0 Å². The number of aryl methyl sites for hydroxylation is 2. The van der Waals surface area contributed by atoms with Crippen molar-refractivity contribution in [1.82, 2.24) is 0 Å². The third kappa shape index (κ3) is 4.17. The average molecular weight is 542 g/mol. The van der Waals surface area contributed by atoms with Crippen LogP contribution in [0.1, 0.15) is 80.0 Å². The molecule has 2 aromatic rings. The summed E-state index contributed by atoms with van der Waals surface area (Å²) >= 11 is 0. The summed E-state index contributed by atoms with van der Waals surface area (Å²) < 4.78 is 11.8. The van der Waals surface area contributed by atoms with Gasteiger partial charge in [-0.2, -0.15) is 0 Å². The van der Waals surface area contributed by atoms with E-state index in [1.165, 1.54) is 0 Å². The Morgan fingerprint density at radius 2 is 1.67 bits per heavy atom. The Hall–Kier alpha value is -3.19. The SMILES string of the molecule is Cc1cc2c(cc1C)C(=O)c1c(O)c3c(c(O)c1C2=O)CC(O)(C(=O)CO)CC3OC1CC(N)C(O)C(C)O1. The number of phenols is 2. The first-order valence-electron chi connectivity index (χ1n) is 12.7. The number of aliphatic hydroxyl groups excluding tert-OH is 2. The van der Waals surface area contributed by atoms with Gasteiger partial charge in [0.25, 0.3) is 0 Å². The Bertz CT molecular complexity index is 1410. The van der Waals surface area contributed by atoms with Crippen molar-refractivity contribution in [2.75, 3.05) is 6.61 Å². The first-order chi connectivity index (χ1) is 18.3. The fourth-order valence-corrected chi connectivity index (χ4v) is 5.83. The lowest BCUT2D eigenvalue weighted by molar-refractivity contribution is -0.247. The van der Waals surface area contributed by atoms with Crippen LogP contribution in [0.4, 0.5) is 0 Å². The van der Waals surface area contributed by atoms with Crippen molar-refractivity contribution in [3.63, 3.8) is 0 Å². The van der Waals surface area contributed by atoms with Crippen LogP contribution >= 0.6 is 0 Å². The predicted molar refractivity (Wildman–Crippen MR) is 135 cm³/mol. The summed E-state index contributed by atoms with van der Waals surface area (Å²) in [5.41, 5.74) is 4.37. The number of benzene rings is 2. The summed E-state index contributed by atoms with van der Waals surface area (Å²) in [6.45, 7) is 4.14. The quantitative estimate of drug-likeness (QED) is 0.253. The van der Waals surface area contributed by atoms with Gasteiger partial charge in [0.05, 0.1) is 29.4 Å². The zero-order valence-electron chi connectivity index (χ0n) is 21.7. The molecule has 6 atom stereocenters. The summed E-state index contributed by atoms with van der Waals surface area (Å²) in [6.07, 6.45) is -4.99. The van der Waals surface area contributed by atoms with E-state index in [1.807, 2.05) is 0 Å². The summed E-state index contributed by atoms with van der Waals surface area (Å²) in [6, 6.07) is 2.38. The normalized spacial score (nSPS) is 30.0. The van der Waals surface area contributed by atoms with Gasteiger partial charge < -0.3 is 40.7 Å².